The Kier molecular flexibility index (Phi) is 4.51. The molecule has 0 bridgehead atoms. The van der Waals surface area contributed by atoms with Crippen LogP contribution in [-0.2, 0) is 18.9 Å². The summed E-state index contributed by atoms with van der Waals surface area (Å²) < 4.78 is 22.5. The summed E-state index contributed by atoms with van der Waals surface area (Å²) in [6.07, 6.45) is -3.21. The van der Waals surface area contributed by atoms with Crippen molar-refractivity contribution < 1.29 is 33.8 Å². The van der Waals surface area contributed by atoms with Gasteiger partial charge in [0.1, 0.15) is 23.9 Å². The largest absolute Gasteiger partial charge is 0.453 e. The number of fused-ring (bicyclic) bond motifs is 1. The van der Waals surface area contributed by atoms with Crippen molar-refractivity contribution in [3.8, 4) is 0 Å². The van der Waals surface area contributed by atoms with E-state index >= 15 is 0 Å². The number of ether oxygens (including phenoxy) is 4. The lowest BCUT2D eigenvalue weighted by Gasteiger charge is -2.34. The van der Waals surface area contributed by atoms with E-state index in [0.29, 0.717) is 0 Å². The molecular formula is C17H21NO8. The molecule has 1 aromatic carbocycles. The molecule has 0 aromatic heterocycles. The number of aliphatic hydroxyl groups is 1. The number of nitro benzene ring substituents is 1. The maximum atomic E-state index is 12.4. The van der Waals surface area contributed by atoms with E-state index in [-0.39, 0.29) is 11.3 Å². The van der Waals surface area contributed by atoms with E-state index in [1.807, 2.05) is 0 Å². The van der Waals surface area contributed by atoms with Gasteiger partial charge in [-0.3, -0.25) is 10.1 Å². The molecule has 1 N–H and O–H groups in total. The first-order valence-corrected chi connectivity index (χ1v) is 8.17. The Labute approximate surface area is 149 Å². The maximum absolute atomic E-state index is 12.4. The van der Waals surface area contributed by atoms with Crippen LogP contribution in [0.1, 0.15) is 38.1 Å². The number of carbonyl (C=O) groups is 1. The van der Waals surface area contributed by atoms with E-state index < -0.39 is 46.9 Å². The lowest BCUT2D eigenvalue weighted by Crippen LogP contribution is -2.48. The predicted octanol–water partition coefficient (Wildman–Crippen LogP) is 1.77. The molecule has 3 rings (SSSR count). The van der Waals surface area contributed by atoms with Gasteiger partial charge >= 0.3 is 5.97 Å². The lowest BCUT2D eigenvalue weighted by atomic mass is 9.95. The minimum absolute atomic E-state index is 0.121. The lowest BCUT2D eigenvalue weighted by molar-refractivity contribution is -0.384. The second kappa shape index (κ2) is 6.27. The molecule has 9 nitrogen and oxygen atoms in total. The van der Waals surface area contributed by atoms with Crippen molar-refractivity contribution in [2.75, 3.05) is 0 Å². The van der Waals surface area contributed by atoms with Gasteiger partial charge in [0.2, 0.25) is 0 Å². The number of nitrogens with zero attached hydrogens (tertiary/aromatic N) is 1. The first-order chi connectivity index (χ1) is 12.0. The summed E-state index contributed by atoms with van der Waals surface area (Å²) in [7, 11) is 0. The number of nitro groups is 1. The minimum Gasteiger partial charge on any atom is -0.453 e. The highest BCUT2D eigenvalue weighted by Crippen LogP contribution is 2.42. The Balaban J connectivity index is 1.74. The molecule has 2 heterocycles. The fraction of sp³-hybridized carbons (Fsp3) is 0.588. The predicted molar refractivity (Wildman–Crippen MR) is 87.3 cm³/mol. The fourth-order valence-electron chi connectivity index (χ4n) is 3.21. The van der Waals surface area contributed by atoms with Gasteiger partial charge in [-0.25, -0.2) is 4.79 Å². The van der Waals surface area contributed by atoms with E-state index in [1.54, 1.807) is 27.7 Å². The van der Waals surface area contributed by atoms with Gasteiger partial charge in [-0.05, 0) is 39.8 Å². The number of hydrogen-bond donors (Lipinski definition) is 1. The Bertz CT molecular complexity index is 714. The Morgan fingerprint density at radius 1 is 1.23 bits per heavy atom. The van der Waals surface area contributed by atoms with Crippen molar-refractivity contribution in [1.29, 1.82) is 0 Å². The van der Waals surface area contributed by atoms with E-state index in [1.165, 1.54) is 24.3 Å². The van der Waals surface area contributed by atoms with Gasteiger partial charge in [-0.15, -0.1) is 0 Å². The van der Waals surface area contributed by atoms with Crippen LogP contribution in [0.3, 0.4) is 0 Å². The van der Waals surface area contributed by atoms with Crippen LogP contribution in [-0.4, -0.2) is 52.0 Å². The van der Waals surface area contributed by atoms with Gasteiger partial charge in [0.15, 0.2) is 12.1 Å². The highest BCUT2D eigenvalue weighted by atomic mass is 16.8. The zero-order valence-electron chi connectivity index (χ0n) is 14.9. The molecule has 0 aliphatic carbocycles. The average Bonchev–Trinajstić information content (AvgIpc) is 3.01. The summed E-state index contributed by atoms with van der Waals surface area (Å²) in [5.41, 5.74) is -1.09. The molecule has 26 heavy (non-hydrogen) atoms. The van der Waals surface area contributed by atoms with Crippen molar-refractivity contribution in [1.82, 2.24) is 0 Å². The van der Waals surface area contributed by atoms with Crippen molar-refractivity contribution in [3.63, 3.8) is 0 Å². The zero-order chi connectivity index (χ0) is 19.3. The van der Waals surface area contributed by atoms with Gasteiger partial charge in [-0.1, -0.05) is 0 Å². The quantitative estimate of drug-likeness (QED) is 0.486. The first-order valence-electron chi connectivity index (χ1n) is 8.17. The van der Waals surface area contributed by atoms with E-state index in [2.05, 4.69) is 0 Å². The summed E-state index contributed by atoms with van der Waals surface area (Å²) in [6.45, 7) is 6.74. The molecule has 1 aromatic rings. The van der Waals surface area contributed by atoms with Crippen LogP contribution in [0.4, 0.5) is 5.69 Å². The van der Waals surface area contributed by atoms with Crippen LogP contribution < -0.4 is 0 Å². The minimum atomic E-state index is -1.19. The molecule has 1 unspecified atom stereocenters. The Hall–Kier alpha value is -2.07. The molecule has 4 atom stereocenters. The smallest absolute Gasteiger partial charge is 0.338 e. The standard InChI is InChI=1S/C17H21NO8/c1-16(2,13-11-12(15(20)23-13)25-17(3,4)24-11)26-14(19)9-5-7-10(8-6-9)18(21)22/h5-8,11-13,15,20H,1-4H3/t11-,12+,13-,15?/m0/s1. The van der Waals surface area contributed by atoms with Crippen LogP contribution in [0.2, 0.25) is 0 Å². The fourth-order valence-corrected chi connectivity index (χ4v) is 3.21. The molecule has 0 spiro atoms. The maximum Gasteiger partial charge on any atom is 0.338 e. The first kappa shape index (κ1) is 18.7. The summed E-state index contributed by atoms with van der Waals surface area (Å²) in [6, 6.07) is 5.10. The molecule has 142 valence electrons. The highest BCUT2D eigenvalue weighted by Gasteiger charge is 2.59. The second-order valence-corrected chi connectivity index (χ2v) is 7.31. The number of esters is 1. The summed E-state index contributed by atoms with van der Waals surface area (Å²) in [5.74, 6) is -1.54. The van der Waals surface area contributed by atoms with E-state index in [4.69, 9.17) is 18.9 Å². The van der Waals surface area contributed by atoms with Crippen molar-refractivity contribution in [3.05, 3.63) is 39.9 Å². The van der Waals surface area contributed by atoms with Crippen molar-refractivity contribution >= 4 is 11.7 Å². The Morgan fingerprint density at radius 3 is 2.38 bits per heavy atom. The molecule has 2 saturated heterocycles. The molecular weight excluding hydrogens is 346 g/mol. The number of benzene rings is 1. The van der Waals surface area contributed by atoms with Gasteiger partial charge in [0, 0.05) is 12.1 Å². The third-order valence-corrected chi connectivity index (χ3v) is 4.38. The number of hydrogen-bond acceptors (Lipinski definition) is 8. The number of carbonyl (C=O) groups excluding carboxylic acids is 1. The van der Waals surface area contributed by atoms with Gasteiger partial charge in [0.05, 0.1) is 10.5 Å². The third-order valence-electron chi connectivity index (χ3n) is 4.38. The second-order valence-electron chi connectivity index (χ2n) is 7.31. The van der Waals surface area contributed by atoms with Gasteiger partial charge in [-0.2, -0.15) is 0 Å². The number of aliphatic hydroxyl groups excluding tert-OH is 1. The molecule has 0 radical (unpaired) electrons. The highest BCUT2D eigenvalue weighted by molar-refractivity contribution is 5.90. The Morgan fingerprint density at radius 2 is 1.81 bits per heavy atom. The molecule has 2 fully saturated rings. The number of rotatable bonds is 4. The zero-order valence-corrected chi connectivity index (χ0v) is 14.9. The van der Waals surface area contributed by atoms with Gasteiger partial charge in [0.25, 0.3) is 5.69 Å². The topological polar surface area (TPSA) is 117 Å². The SMILES string of the molecule is CC1(C)O[C@H]2[C@@H](O1)C(O)O[C@@H]2C(C)(C)OC(=O)c1ccc([N+](=O)[O-])cc1. The van der Waals surface area contributed by atoms with Gasteiger partial charge < -0.3 is 24.1 Å². The third kappa shape index (κ3) is 3.43. The van der Waals surface area contributed by atoms with Crippen LogP contribution in [0, 0.1) is 10.1 Å². The summed E-state index contributed by atoms with van der Waals surface area (Å²) >= 11 is 0. The van der Waals surface area contributed by atoms with E-state index in [9.17, 15) is 20.0 Å². The van der Waals surface area contributed by atoms with Crippen LogP contribution >= 0.6 is 0 Å². The van der Waals surface area contributed by atoms with Crippen LogP contribution in [0.5, 0.6) is 0 Å². The van der Waals surface area contributed by atoms with Crippen LogP contribution in [0.15, 0.2) is 24.3 Å². The van der Waals surface area contributed by atoms with Crippen LogP contribution in [0.25, 0.3) is 0 Å². The van der Waals surface area contributed by atoms with E-state index in [0.717, 1.165) is 0 Å². The van der Waals surface area contributed by atoms with Crippen molar-refractivity contribution in [2.45, 2.75) is 63.7 Å². The molecule has 0 saturated carbocycles. The normalized spacial score (nSPS) is 30.0. The molecule has 2 aliphatic rings. The average molecular weight is 367 g/mol. The molecule has 9 heteroatoms. The van der Waals surface area contributed by atoms with Crippen molar-refractivity contribution in [2.24, 2.45) is 0 Å². The molecule has 0 amide bonds. The summed E-state index contributed by atoms with van der Waals surface area (Å²) in [5, 5.41) is 20.8. The number of non-ortho nitro benzene ring substituents is 1. The summed E-state index contributed by atoms with van der Waals surface area (Å²) in [4.78, 5) is 22.6. The molecule has 2 aliphatic heterocycles. The monoisotopic (exact) mass is 367 g/mol.